The minimum absolute atomic E-state index is 0.337. The van der Waals surface area contributed by atoms with Crippen LogP contribution in [-0.4, -0.2) is 0 Å². The lowest BCUT2D eigenvalue weighted by molar-refractivity contribution is 0.212. The molecule has 0 N–H and O–H groups in total. The third-order valence-electron chi connectivity index (χ3n) is 6.18. The predicted molar refractivity (Wildman–Crippen MR) is 88.6 cm³/mol. The summed E-state index contributed by atoms with van der Waals surface area (Å²) in [5, 5.41) is 0. The van der Waals surface area contributed by atoms with Crippen LogP contribution in [0.5, 0.6) is 0 Å². The Balaban J connectivity index is 2.24. The lowest BCUT2D eigenvalue weighted by Crippen LogP contribution is -2.29. The minimum atomic E-state index is 0.337. The number of hydrogen-bond donors (Lipinski definition) is 0. The molecule has 2 aliphatic carbocycles. The minimum Gasteiger partial charge on any atom is -0.125 e. The van der Waals surface area contributed by atoms with Gasteiger partial charge >= 0.3 is 0 Å². The number of hydrogen-bond acceptors (Lipinski definition) is 0. The summed E-state index contributed by atoms with van der Waals surface area (Å²) in [6.45, 7) is 14.4. The maximum Gasteiger partial charge on any atom is -0.00352 e. The topological polar surface area (TPSA) is 0 Å². The van der Waals surface area contributed by atoms with Crippen molar-refractivity contribution in [1.82, 2.24) is 0 Å². The van der Waals surface area contributed by atoms with Gasteiger partial charge in [0.05, 0.1) is 0 Å². The van der Waals surface area contributed by atoms with Gasteiger partial charge in [0.25, 0.3) is 0 Å². The smallest absolute Gasteiger partial charge is 0.00352 e. The van der Waals surface area contributed by atoms with Crippen molar-refractivity contribution in [2.24, 2.45) is 35.0 Å². The Kier molecular flexibility index (Phi) is 4.85. The molecule has 0 amide bonds. The van der Waals surface area contributed by atoms with Crippen LogP contribution >= 0.6 is 0 Å². The molecule has 2 saturated carbocycles. The summed E-state index contributed by atoms with van der Waals surface area (Å²) in [5.41, 5.74) is 5.67. The summed E-state index contributed by atoms with van der Waals surface area (Å²) in [5.74, 6) is 4.60. The third kappa shape index (κ3) is 2.91. The van der Waals surface area contributed by atoms with E-state index in [1.54, 1.807) is 5.57 Å². The van der Waals surface area contributed by atoms with Gasteiger partial charge in [-0.1, -0.05) is 48.0 Å². The van der Waals surface area contributed by atoms with Gasteiger partial charge in [0.2, 0.25) is 0 Å². The van der Waals surface area contributed by atoms with E-state index in [0.717, 1.165) is 23.7 Å². The summed E-state index contributed by atoms with van der Waals surface area (Å²) < 4.78 is 0. The van der Waals surface area contributed by atoms with Crippen LogP contribution in [-0.2, 0) is 0 Å². The summed E-state index contributed by atoms with van der Waals surface area (Å²) in [6.07, 6.45) is 8.88. The molecular formula is C20H34. The van der Waals surface area contributed by atoms with Gasteiger partial charge in [-0.3, -0.25) is 0 Å². The summed E-state index contributed by atoms with van der Waals surface area (Å²) >= 11 is 0. The Morgan fingerprint density at radius 3 is 2.40 bits per heavy atom. The fourth-order valence-electron chi connectivity index (χ4n) is 4.63. The van der Waals surface area contributed by atoms with Gasteiger partial charge in [-0.15, -0.1) is 5.73 Å². The van der Waals surface area contributed by atoms with Crippen molar-refractivity contribution in [1.29, 1.82) is 0 Å². The van der Waals surface area contributed by atoms with Crippen molar-refractivity contribution in [3.63, 3.8) is 0 Å². The lowest BCUT2D eigenvalue weighted by Gasteiger charge is -2.37. The van der Waals surface area contributed by atoms with E-state index >= 15 is 0 Å². The molecule has 0 aromatic heterocycles. The average Bonchev–Trinajstić information content (AvgIpc) is 3.13. The van der Waals surface area contributed by atoms with Crippen LogP contribution in [0.15, 0.2) is 17.4 Å². The van der Waals surface area contributed by atoms with Gasteiger partial charge < -0.3 is 0 Å². The van der Waals surface area contributed by atoms with E-state index in [4.69, 9.17) is 0 Å². The van der Waals surface area contributed by atoms with Crippen molar-refractivity contribution in [3.05, 3.63) is 17.4 Å². The second-order valence-electron chi connectivity index (χ2n) is 7.96. The van der Waals surface area contributed by atoms with Gasteiger partial charge in [0, 0.05) is 0 Å². The van der Waals surface area contributed by atoms with E-state index in [1.165, 1.54) is 32.1 Å². The zero-order valence-corrected chi connectivity index (χ0v) is 14.5. The number of fused-ring (bicyclic) bond motifs is 1. The van der Waals surface area contributed by atoms with E-state index in [-0.39, 0.29) is 0 Å². The number of allylic oxidation sites excluding steroid dienone is 1. The Morgan fingerprint density at radius 2 is 1.95 bits per heavy atom. The Hall–Kier alpha value is -0.480. The first-order chi connectivity index (χ1) is 9.43. The summed E-state index contributed by atoms with van der Waals surface area (Å²) in [7, 11) is 0. The molecule has 0 aromatic rings. The Bertz CT molecular complexity index is 394. The van der Waals surface area contributed by atoms with Crippen LogP contribution in [0, 0.1) is 35.0 Å². The molecule has 5 atom stereocenters. The quantitative estimate of drug-likeness (QED) is 0.503. The van der Waals surface area contributed by atoms with Crippen molar-refractivity contribution in [2.75, 3.05) is 0 Å². The van der Waals surface area contributed by atoms with Gasteiger partial charge in [-0.25, -0.2) is 0 Å². The molecule has 0 spiro atoms. The molecule has 0 saturated heterocycles. The Labute approximate surface area is 126 Å². The van der Waals surface area contributed by atoms with Crippen molar-refractivity contribution < 1.29 is 0 Å². The molecule has 0 bridgehead atoms. The van der Waals surface area contributed by atoms with Crippen molar-refractivity contribution in [2.45, 2.75) is 73.6 Å². The first-order valence-corrected chi connectivity index (χ1v) is 8.88. The van der Waals surface area contributed by atoms with Crippen LogP contribution in [0.2, 0.25) is 0 Å². The van der Waals surface area contributed by atoms with Crippen LogP contribution in [0.25, 0.3) is 0 Å². The van der Waals surface area contributed by atoms with Gasteiger partial charge in [-0.2, -0.15) is 0 Å². The molecular weight excluding hydrogens is 240 g/mol. The van der Waals surface area contributed by atoms with E-state index in [2.05, 4.69) is 53.3 Å². The number of unbranched alkanes of at least 4 members (excludes halogenated alkanes) is 1. The lowest BCUT2D eigenvalue weighted by atomic mass is 9.66. The molecule has 0 heterocycles. The molecule has 2 rings (SSSR count). The molecule has 2 aliphatic rings. The Morgan fingerprint density at radius 1 is 1.25 bits per heavy atom. The average molecular weight is 274 g/mol. The molecule has 2 fully saturated rings. The molecule has 20 heavy (non-hydrogen) atoms. The third-order valence-corrected chi connectivity index (χ3v) is 6.18. The van der Waals surface area contributed by atoms with Crippen LogP contribution < -0.4 is 0 Å². The monoisotopic (exact) mass is 274 g/mol. The molecule has 0 nitrogen and oxygen atoms in total. The standard InChI is InChI=1S/C20H34/c1-7-9-10-11-18(14(3)8-2)20(5,6)19-12-15(4)16-13-17(16)19/h10,14-17,19H,7-9,12-13H2,1-6H3. The van der Waals surface area contributed by atoms with E-state index in [9.17, 15) is 0 Å². The van der Waals surface area contributed by atoms with Crippen molar-refractivity contribution >= 4 is 0 Å². The largest absolute Gasteiger partial charge is 0.125 e. The van der Waals surface area contributed by atoms with Gasteiger partial charge in [0.15, 0.2) is 0 Å². The maximum absolute atomic E-state index is 3.73. The number of rotatable bonds is 6. The molecule has 0 aromatic carbocycles. The predicted octanol–water partition coefficient (Wildman–Crippen LogP) is 6.23. The molecule has 0 heteroatoms. The highest BCUT2D eigenvalue weighted by Crippen LogP contribution is 2.64. The summed E-state index contributed by atoms with van der Waals surface area (Å²) in [6, 6.07) is 0. The van der Waals surface area contributed by atoms with Crippen LogP contribution in [0.1, 0.15) is 73.6 Å². The molecule has 114 valence electrons. The normalized spacial score (nSPS) is 33.3. The second kappa shape index (κ2) is 6.10. The van der Waals surface area contributed by atoms with E-state index < -0.39 is 0 Å². The van der Waals surface area contributed by atoms with Gasteiger partial charge in [-0.05, 0) is 72.3 Å². The second-order valence-corrected chi connectivity index (χ2v) is 7.96. The zero-order valence-electron chi connectivity index (χ0n) is 14.5. The van der Waals surface area contributed by atoms with Crippen molar-refractivity contribution in [3.8, 4) is 0 Å². The fourth-order valence-corrected chi connectivity index (χ4v) is 4.63. The van der Waals surface area contributed by atoms with Gasteiger partial charge in [0.1, 0.15) is 0 Å². The van der Waals surface area contributed by atoms with Crippen LogP contribution in [0.4, 0.5) is 0 Å². The summed E-state index contributed by atoms with van der Waals surface area (Å²) in [4.78, 5) is 0. The SMILES string of the molecule is CCCC=C=C(C(C)CC)C(C)(C)C1CC(C)C2CC21. The highest BCUT2D eigenvalue weighted by molar-refractivity contribution is 5.20. The van der Waals surface area contributed by atoms with Crippen LogP contribution in [0.3, 0.4) is 0 Å². The first-order valence-electron chi connectivity index (χ1n) is 8.88. The fraction of sp³-hybridized carbons (Fsp3) is 0.850. The highest BCUT2D eigenvalue weighted by atomic mass is 14.6. The van der Waals surface area contributed by atoms with E-state index in [0.29, 0.717) is 11.3 Å². The molecule has 5 unspecified atom stereocenters. The molecule has 0 aliphatic heterocycles. The molecule has 0 radical (unpaired) electrons. The van der Waals surface area contributed by atoms with E-state index in [1.807, 2.05) is 0 Å². The highest BCUT2D eigenvalue weighted by Gasteiger charge is 2.57. The maximum atomic E-state index is 3.73. The first kappa shape index (κ1) is 15.9. The zero-order chi connectivity index (χ0) is 14.9.